The van der Waals surface area contributed by atoms with Gasteiger partial charge in [0.05, 0.1) is 18.6 Å². The number of hydrogen-bond donors (Lipinski definition) is 2. The summed E-state index contributed by atoms with van der Waals surface area (Å²) in [6.45, 7) is 1.89. The van der Waals surface area contributed by atoms with Crippen molar-refractivity contribution in [1.82, 2.24) is 4.98 Å². The number of nitrogens with one attached hydrogen (secondary N) is 2. The number of carbonyl (C=O) groups excluding carboxylic acids is 3. The van der Waals surface area contributed by atoms with E-state index in [2.05, 4.69) is 10.3 Å². The number of anilines is 1. The Bertz CT molecular complexity index is 1010. The van der Waals surface area contributed by atoms with Gasteiger partial charge in [0.15, 0.2) is 6.61 Å². The van der Waals surface area contributed by atoms with Crippen molar-refractivity contribution in [1.29, 1.82) is 0 Å². The van der Waals surface area contributed by atoms with Crippen molar-refractivity contribution in [2.24, 2.45) is 0 Å². The Hall–Kier alpha value is -3.61. The molecular formula is C22H22N2O5. The van der Waals surface area contributed by atoms with E-state index in [0.29, 0.717) is 17.9 Å². The lowest BCUT2D eigenvalue weighted by molar-refractivity contribution is -0.146. The predicted octanol–water partition coefficient (Wildman–Crippen LogP) is 3.46. The van der Waals surface area contributed by atoms with E-state index in [4.69, 9.17) is 9.47 Å². The summed E-state index contributed by atoms with van der Waals surface area (Å²) in [4.78, 5) is 38.9. The molecule has 0 radical (unpaired) electrons. The van der Waals surface area contributed by atoms with Crippen LogP contribution in [-0.4, -0.2) is 36.0 Å². The maximum Gasteiger partial charge on any atom is 0.338 e. The summed E-state index contributed by atoms with van der Waals surface area (Å²) in [5, 5.41) is 3.57. The van der Waals surface area contributed by atoms with E-state index in [1.54, 1.807) is 30.5 Å². The monoisotopic (exact) mass is 394 g/mol. The number of benzene rings is 2. The molecule has 0 unspecified atom stereocenters. The SMILES string of the molecule is CCCOC(=O)c1ccc(NC(=O)COC(=O)Cc2c[nH]c3ccccc23)cc1. The molecule has 1 heterocycles. The Morgan fingerprint density at radius 1 is 1.00 bits per heavy atom. The Labute approximate surface area is 168 Å². The molecule has 150 valence electrons. The van der Waals surface area contributed by atoms with Crippen molar-refractivity contribution in [2.75, 3.05) is 18.5 Å². The first-order valence-corrected chi connectivity index (χ1v) is 9.34. The Kier molecular flexibility index (Phi) is 6.63. The van der Waals surface area contributed by atoms with Gasteiger partial charge in [-0.2, -0.15) is 0 Å². The number of rotatable bonds is 8. The average Bonchev–Trinajstić information content (AvgIpc) is 3.14. The van der Waals surface area contributed by atoms with Crippen LogP contribution in [0.5, 0.6) is 0 Å². The lowest BCUT2D eigenvalue weighted by Gasteiger charge is -2.08. The molecule has 29 heavy (non-hydrogen) atoms. The number of aromatic nitrogens is 1. The molecule has 2 N–H and O–H groups in total. The highest BCUT2D eigenvalue weighted by molar-refractivity contribution is 5.94. The van der Waals surface area contributed by atoms with Gasteiger partial charge in [0.2, 0.25) is 0 Å². The summed E-state index contributed by atoms with van der Waals surface area (Å²) in [5.74, 6) is -1.35. The van der Waals surface area contributed by atoms with E-state index in [0.717, 1.165) is 22.9 Å². The lowest BCUT2D eigenvalue weighted by atomic mass is 10.1. The maximum atomic E-state index is 12.0. The zero-order valence-corrected chi connectivity index (χ0v) is 16.1. The third-order valence-electron chi connectivity index (χ3n) is 4.22. The first-order chi connectivity index (χ1) is 14.1. The third kappa shape index (κ3) is 5.44. The number of hydrogen-bond acceptors (Lipinski definition) is 5. The average molecular weight is 394 g/mol. The predicted molar refractivity (Wildman–Crippen MR) is 109 cm³/mol. The zero-order valence-electron chi connectivity index (χ0n) is 16.1. The molecule has 3 aromatic rings. The Balaban J connectivity index is 1.47. The quantitative estimate of drug-likeness (QED) is 0.570. The van der Waals surface area contributed by atoms with Crippen LogP contribution >= 0.6 is 0 Å². The molecule has 0 spiro atoms. The van der Waals surface area contributed by atoms with Gasteiger partial charge in [-0.25, -0.2) is 4.79 Å². The van der Waals surface area contributed by atoms with Crippen molar-refractivity contribution >= 4 is 34.4 Å². The van der Waals surface area contributed by atoms with Crippen LogP contribution < -0.4 is 5.32 Å². The van der Waals surface area contributed by atoms with Gasteiger partial charge in [-0.15, -0.1) is 0 Å². The van der Waals surface area contributed by atoms with Crippen molar-refractivity contribution in [3.05, 3.63) is 65.9 Å². The van der Waals surface area contributed by atoms with Crippen LogP contribution in [-0.2, 0) is 25.5 Å². The van der Waals surface area contributed by atoms with Crippen LogP contribution in [0.4, 0.5) is 5.69 Å². The van der Waals surface area contributed by atoms with E-state index >= 15 is 0 Å². The largest absolute Gasteiger partial charge is 0.462 e. The lowest BCUT2D eigenvalue weighted by Crippen LogP contribution is -2.21. The van der Waals surface area contributed by atoms with Gasteiger partial charge in [-0.1, -0.05) is 25.1 Å². The number of fused-ring (bicyclic) bond motifs is 1. The number of amides is 1. The first-order valence-electron chi connectivity index (χ1n) is 9.34. The molecule has 0 aliphatic carbocycles. The fourth-order valence-electron chi connectivity index (χ4n) is 2.80. The molecule has 3 rings (SSSR count). The van der Waals surface area contributed by atoms with Gasteiger partial charge in [0.1, 0.15) is 0 Å². The maximum absolute atomic E-state index is 12.0. The van der Waals surface area contributed by atoms with Gasteiger partial charge in [0.25, 0.3) is 5.91 Å². The van der Waals surface area contributed by atoms with Gasteiger partial charge < -0.3 is 19.8 Å². The molecule has 7 nitrogen and oxygen atoms in total. The van der Waals surface area contributed by atoms with Crippen LogP contribution in [0.3, 0.4) is 0 Å². The second kappa shape index (κ2) is 9.54. The fraction of sp³-hybridized carbons (Fsp3) is 0.227. The summed E-state index contributed by atoms with van der Waals surface area (Å²) in [7, 11) is 0. The highest BCUT2D eigenvalue weighted by atomic mass is 16.5. The molecule has 1 amide bonds. The van der Waals surface area contributed by atoms with E-state index in [1.807, 2.05) is 31.2 Å². The van der Waals surface area contributed by atoms with Crippen LogP contribution in [0.2, 0.25) is 0 Å². The molecule has 0 aliphatic heterocycles. The van der Waals surface area contributed by atoms with Gasteiger partial charge in [-0.3, -0.25) is 9.59 Å². The highest BCUT2D eigenvalue weighted by Gasteiger charge is 2.12. The van der Waals surface area contributed by atoms with Gasteiger partial charge in [-0.05, 0) is 42.3 Å². The third-order valence-corrected chi connectivity index (χ3v) is 4.22. The molecule has 7 heteroatoms. The van der Waals surface area contributed by atoms with Crippen LogP contribution in [0.25, 0.3) is 10.9 Å². The summed E-state index contributed by atoms with van der Waals surface area (Å²) >= 11 is 0. The normalized spacial score (nSPS) is 10.5. The number of ether oxygens (including phenoxy) is 2. The van der Waals surface area contributed by atoms with Crippen molar-refractivity contribution in [2.45, 2.75) is 19.8 Å². The van der Waals surface area contributed by atoms with Gasteiger partial charge in [0, 0.05) is 22.8 Å². The number of carbonyl (C=O) groups is 3. The summed E-state index contributed by atoms with van der Waals surface area (Å²) in [5.41, 5.74) is 2.66. The number of H-pyrrole nitrogens is 1. The second-order valence-corrected chi connectivity index (χ2v) is 6.46. The Morgan fingerprint density at radius 2 is 1.76 bits per heavy atom. The molecule has 2 aromatic carbocycles. The van der Waals surface area contributed by atoms with E-state index in [9.17, 15) is 14.4 Å². The summed E-state index contributed by atoms with van der Waals surface area (Å²) in [6, 6.07) is 14.0. The van der Waals surface area contributed by atoms with Crippen LogP contribution in [0.1, 0.15) is 29.3 Å². The number of esters is 2. The van der Waals surface area contributed by atoms with Crippen LogP contribution in [0.15, 0.2) is 54.7 Å². The summed E-state index contributed by atoms with van der Waals surface area (Å²) < 4.78 is 10.1. The minimum absolute atomic E-state index is 0.0753. The standard InChI is InChI=1S/C22H22N2O5/c1-2-11-28-22(27)15-7-9-17(10-8-15)24-20(25)14-29-21(26)12-16-13-23-19-6-4-3-5-18(16)19/h3-10,13,23H,2,11-12,14H2,1H3,(H,24,25). The minimum atomic E-state index is -0.487. The molecular weight excluding hydrogens is 372 g/mol. The van der Waals surface area contributed by atoms with Crippen molar-refractivity contribution in [3.8, 4) is 0 Å². The van der Waals surface area contributed by atoms with Crippen molar-refractivity contribution in [3.63, 3.8) is 0 Å². The molecule has 1 aromatic heterocycles. The molecule has 0 fully saturated rings. The molecule has 0 saturated heterocycles. The van der Waals surface area contributed by atoms with Crippen molar-refractivity contribution < 1.29 is 23.9 Å². The van der Waals surface area contributed by atoms with E-state index in [1.165, 1.54) is 0 Å². The zero-order chi connectivity index (χ0) is 20.6. The second-order valence-electron chi connectivity index (χ2n) is 6.46. The Morgan fingerprint density at radius 3 is 2.52 bits per heavy atom. The smallest absolute Gasteiger partial charge is 0.338 e. The summed E-state index contributed by atoms with van der Waals surface area (Å²) in [6.07, 6.45) is 2.59. The minimum Gasteiger partial charge on any atom is -0.462 e. The number of aromatic amines is 1. The number of para-hydroxylation sites is 1. The molecule has 0 saturated carbocycles. The highest BCUT2D eigenvalue weighted by Crippen LogP contribution is 2.18. The fourth-order valence-corrected chi connectivity index (χ4v) is 2.80. The topological polar surface area (TPSA) is 97.5 Å². The van der Waals surface area contributed by atoms with E-state index < -0.39 is 17.8 Å². The van der Waals surface area contributed by atoms with Crippen LogP contribution in [0, 0.1) is 0 Å². The van der Waals surface area contributed by atoms with Gasteiger partial charge >= 0.3 is 11.9 Å². The molecule has 0 aliphatic rings. The molecule has 0 bridgehead atoms. The first kappa shape index (κ1) is 20.1. The van der Waals surface area contributed by atoms with E-state index in [-0.39, 0.29) is 13.0 Å². The molecule has 0 atom stereocenters.